The zero-order valence-electron chi connectivity index (χ0n) is 9.56. The Kier molecular flexibility index (Phi) is 2.77. The average Bonchev–Trinajstić information content (AvgIpc) is 2.37. The van der Waals surface area contributed by atoms with Crippen LogP contribution in [0.3, 0.4) is 0 Å². The van der Waals surface area contributed by atoms with E-state index in [1.807, 2.05) is 12.1 Å². The Labute approximate surface area is 98.7 Å². The molecule has 1 heterocycles. The van der Waals surface area contributed by atoms with Crippen molar-refractivity contribution >= 4 is 17.7 Å². The highest BCUT2D eigenvalue weighted by atomic mass is 16.5. The van der Waals surface area contributed by atoms with Gasteiger partial charge in [0, 0.05) is 12.7 Å². The van der Waals surface area contributed by atoms with Gasteiger partial charge < -0.3 is 19.9 Å². The average molecular weight is 235 g/mol. The highest BCUT2D eigenvalue weighted by molar-refractivity contribution is 5.90. The predicted molar refractivity (Wildman–Crippen MR) is 63.0 cm³/mol. The van der Waals surface area contributed by atoms with Crippen LogP contribution in [0.1, 0.15) is 5.56 Å². The Morgan fingerprint density at radius 1 is 1.41 bits per heavy atom. The van der Waals surface area contributed by atoms with E-state index in [-0.39, 0.29) is 0 Å². The van der Waals surface area contributed by atoms with E-state index in [2.05, 4.69) is 5.32 Å². The molecule has 0 saturated carbocycles. The van der Waals surface area contributed by atoms with E-state index in [9.17, 15) is 9.90 Å². The molecule has 1 aliphatic heterocycles. The van der Waals surface area contributed by atoms with E-state index in [0.29, 0.717) is 11.4 Å². The number of benzene rings is 1. The monoisotopic (exact) mass is 235 g/mol. The number of ether oxygens (including phenoxy) is 2. The molecule has 0 saturated heterocycles. The number of para-hydroxylation sites is 1. The summed E-state index contributed by atoms with van der Waals surface area (Å²) in [4.78, 5) is 11.2. The standard InChI is InChI=1S/C12H13NO4/c1-16-9-5-3-4-8-6-7-12(17-2,11(14)15)13-10(8)9/h3-7,13H,1-2H3,(H,14,15). The summed E-state index contributed by atoms with van der Waals surface area (Å²) in [5.74, 6) is -0.526. The molecule has 1 unspecified atom stereocenters. The SMILES string of the molecule is COc1cccc2c1NC(OC)(C(=O)O)C=C2. The lowest BCUT2D eigenvalue weighted by Crippen LogP contribution is -2.47. The van der Waals surface area contributed by atoms with Crippen LogP contribution >= 0.6 is 0 Å². The summed E-state index contributed by atoms with van der Waals surface area (Å²) in [5.41, 5.74) is -0.0678. The number of anilines is 1. The zero-order chi connectivity index (χ0) is 12.5. The van der Waals surface area contributed by atoms with Gasteiger partial charge in [0.2, 0.25) is 0 Å². The van der Waals surface area contributed by atoms with Crippen LogP contribution in [0.5, 0.6) is 5.75 Å². The van der Waals surface area contributed by atoms with Crippen LogP contribution in [0.15, 0.2) is 24.3 Å². The fraction of sp³-hybridized carbons (Fsp3) is 0.250. The Hall–Kier alpha value is -2.01. The van der Waals surface area contributed by atoms with Crippen molar-refractivity contribution in [2.75, 3.05) is 19.5 Å². The maximum Gasteiger partial charge on any atom is 0.361 e. The molecule has 0 amide bonds. The number of methoxy groups -OCH3 is 2. The molecule has 17 heavy (non-hydrogen) atoms. The second-order valence-electron chi connectivity index (χ2n) is 3.63. The van der Waals surface area contributed by atoms with Gasteiger partial charge in [-0.15, -0.1) is 0 Å². The summed E-state index contributed by atoms with van der Waals surface area (Å²) in [6, 6.07) is 5.46. The molecule has 0 aromatic heterocycles. The third-order valence-electron chi connectivity index (χ3n) is 2.73. The molecule has 5 heteroatoms. The summed E-state index contributed by atoms with van der Waals surface area (Å²) in [7, 11) is 2.87. The van der Waals surface area contributed by atoms with Gasteiger partial charge in [0.15, 0.2) is 0 Å². The second-order valence-corrected chi connectivity index (χ2v) is 3.63. The first kappa shape index (κ1) is 11.5. The molecule has 1 aromatic rings. The summed E-state index contributed by atoms with van der Waals surface area (Å²) in [6.45, 7) is 0. The van der Waals surface area contributed by atoms with Crippen molar-refractivity contribution < 1.29 is 19.4 Å². The Bertz CT molecular complexity index is 483. The maximum atomic E-state index is 11.2. The molecule has 0 radical (unpaired) electrons. The van der Waals surface area contributed by atoms with Crippen molar-refractivity contribution in [3.63, 3.8) is 0 Å². The number of carbonyl (C=O) groups is 1. The van der Waals surface area contributed by atoms with Gasteiger partial charge in [-0.05, 0) is 12.1 Å². The van der Waals surface area contributed by atoms with E-state index in [1.54, 1.807) is 12.1 Å². The first-order valence-corrected chi connectivity index (χ1v) is 5.06. The third kappa shape index (κ3) is 1.74. The lowest BCUT2D eigenvalue weighted by Gasteiger charge is -2.31. The molecule has 0 spiro atoms. The second kappa shape index (κ2) is 4.10. The molecule has 1 aliphatic rings. The lowest BCUT2D eigenvalue weighted by molar-refractivity contribution is -0.153. The highest BCUT2D eigenvalue weighted by Gasteiger charge is 2.39. The molecular formula is C12H13NO4. The Morgan fingerprint density at radius 2 is 2.18 bits per heavy atom. The number of fused-ring (bicyclic) bond motifs is 1. The van der Waals surface area contributed by atoms with Gasteiger partial charge in [-0.1, -0.05) is 18.2 Å². The summed E-state index contributed by atoms with van der Waals surface area (Å²) < 4.78 is 10.2. The zero-order valence-corrected chi connectivity index (χ0v) is 9.56. The van der Waals surface area contributed by atoms with Crippen molar-refractivity contribution in [2.45, 2.75) is 5.72 Å². The predicted octanol–water partition coefficient (Wildman–Crippen LogP) is 1.56. The van der Waals surface area contributed by atoms with Gasteiger partial charge in [0.25, 0.3) is 5.72 Å². The largest absolute Gasteiger partial charge is 0.495 e. The molecule has 1 atom stereocenters. The van der Waals surface area contributed by atoms with Crippen LogP contribution in [0.2, 0.25) is 0 Å². The van der Waals surface area contributed by atoms with Gasteiger partial charge in [0.1, 0.15) is 5.75 Å². The first-order valence-electron chi connectivity index (χ1n) is 5.06. The number of carboxylic acids is 1. The summed E-state index contributed by atoms with van der Waals surface area (Å²) in [6.07, 6.45) is 3.17. The van der Waals surface area contributed by atoms with Crippen LogP contribution in [0.25, 0.3) is 6.08 Å². The van der Waals surface area contributed by atoms with Crippen molar-refractivity contribution in [1.82, 2.24) is 0 Å². The first-order chi connectivity index (χ1) is 8.13. The molecule has 2 rings (SSSR count). The number of hydrogen-bond acceptors (Lipinski definition) is 4. The highest BCUT2D eigenvalue weighted by Crippen LogP contribution is 2.36. The van der Waals surface area contributed by atoms with Crippen LogP contribution < -0.4 is 10.1 Å². The van der Waals surface area contributed by atoms with E-state index in [0.717, 1.165) is 5.56 Å². The lowest BCUT2D eigenvalue weighted by atomic mass is 10.0. The molecule has 2 N–H and O–H groups in total. The van der Waals surface area contributed by atoms with Crippen molar-refractivity contribution in [1.29, 1.82) is 0 Å². The topological polar surface area (TPSA) is 67.8 Å². The Morgan fingerprint density at radius 3 is 2.76 bits per heavy atom. The number of hydrogen-bond donors (Lipinski definition) is 2. The molecule has 0 aliphatic carbocycles. The van der Waals surface area contributed by atoms with E-state index < -0.39 is 11.7 Å². The molecule has 0 bridgehead atoms. The summed E-state index contributed by atoms with van der Waals surface area (Å²) in [5, 5.41) is 12.0. The fourth-order valence-corrected chi connectivity index (χ4v) is 1.76. The minimum atomic E-state index is -1.54. The van der Waals surface area contributed by atoms with Gasteiger partial charge >= 0.3 is 5.97 Å². The van der Waals surface area contributed by atoms with E-state index in [1.165, 1.54) is 20.3 Å². The third-order valence-corrected chi connectivity index (χ3v) is 2.73. The maximum absolute atomic E-state index is 11.2. The van der Waals surface area contributed by atoms with Gasteiger partial charge in [-0.3, -0.25) is 0 Å². The molecular weight excluding hydrogens is 222 g/mol. The van der Waals surface area contributed by atoms with Crippen molar-refractivity contribution in [2.24, 2.45) is 0 Å². The molecule has 5 nitrogen and oxygen atoms in total. The molecule has 1 aromatic carbocycles. The Balaban J connectivity index is 2.50. The number of carboxylic acid groups (broad SMARTS) is 1. The van der Waals surface area contributed by atoms with Crippen molar-refractivity contribution in [3.8, 4) is 5.75 Å². The van der Waals surface area contributed by atoms with E-state index >= 15 is 0 Å². The van der Waals surface area contributed by atoms with Crippen LogP contribution in [-0.4, -0.2) is 31.0 Å². The smallest absolute Gasteiger partial charge is 0.361 e. The minimum absolute atomic E-state index is 0.578. The van der Waals surface area contributed by atoms with Crippen LogP contribution in [-0.2, 0) is 9.53 Å². The van der Waals surface area contributed by atoms with Gasteiger partial charge in [-0.25, -0.2) is 4.79 Å². The van der Waals surface area contributed by atoms with Crippen LogP contribution in [0.4, 0.5) is 5.69 Å². The normalized spacial score (nSPS) is 21.5. The fourth-order valence-electron chi connectivity index (χ4n) is 1.76. The summed E-state index contributed by atoms with van der Waals surface area (Å²) >= 11 is 0. The number of nitrogens with one attached hydrogen (secondary N) is 1. The van der Waals surface area contributed by atoms with Crippen molar-refractivity contribution in [3.05, 3.63) is 29.8 Å². The quantitative estimate of drug-likeness (QED) is 0.832. The number of rotatable bonds is 3. The van der Waals surface area contributed by atoms with Gasteiger partial charge in [-0.2, -0.15) is 0 Å². The number of aliphatic carboxylic acids is 1. The van der Waals surface area contributed by atoms with Crippen LogP contribution in [0, 0.1) is 0 Å². The van der Waals surface area contributed by atoms with E-state index in [4.69, 9.17) is 9.47 Å². The minimum Gasteiger partial charge on any atom is -0.495 e. The molecule has 0 fully saturated rings. The van der Waals surface area contributed by atoms with Gasteiger partial charge in [0.05, 0.1) is 12.8 Å². The molecule has 90 valence electrons.